The van der Waals surface area contributed by atoms with Crippen LogP contribution < -0.4 is 5.32 Å². The van der Waals surface area contributed by atoms with Crippen LogP contribution in [-0.2, 0) is 0 Å². The first kappa shape index (κ1) is 12.8. The van der Waals surface area contributed by atoms with E-state index in [1.165, 1.54) is 0 Å². The zero-order valence-electron chi connectivity index (χ0n) is 10.6. The quantitative estimate of drug-likeness (QED) is 0.828. The second-order valence-corrected chi connectivity index (χ2v) is 4.63. The maximum absolute atomic E-state index is 11.0. The van der Waals surface area contributed by atoms with Crippen molar-refractivity contribution in [2.24, 2.45) is 5.92 Å². The number of hydrogen-bond donors (Lipinski definition) is 2. The molecule has 2 heterocycles. The van der Waals surface area contributed by atoms with Crippen LogP contribution in [0.4, 0.5) is 5.82 Å². The van der Waals surface area contributed by atoms with E-state index in [9.17, 15) is 4.79 Å². The van der Waals surface area contributed by atoms with Gasteiger partial charge >= 0.3 is 5.97 Å². The molecule has 5 heteroatoms. The van der Waals surface area contributed by atoms with Gasteiger partial charge in [0.15, 0.2) is 0 Å². The van der Waals surface area contributed by atoms with Crippen molar-refractivity contribution in [3.8, 4) is 0 Å². The van der Waals surface area contributed by atoms with Crippen molar-refractivity contribution in [2.45, 2.75) is 13.3 Å². The van der Waals surface area contributed by atoms with E-state index in [0.29, 0.717) is 11.7 Å². The fourth-order valence-corrected chi connectivity index (χ4v) is 2.33. The lowest BCUT2D eigenvalue weighted by Gasteiger charge is -2.14. The normalized spacial score (nSPS) is 19.9. The fourth-order valence-electron chi connectivity index (χ4n) is 2.33. The van der Waals surface area contributed by atoms with Crippen LogP contribution in [0, 0.1) is 5.92 Å². The molecule has 0 spiro atoms. The highest BCUT2D eigenvalue weighted by molar-refractivity contribution is 5.92. The minimum atomic E-state index is -0.938. The summed E-state index contributed by atoms with van der Waals surface area (Å²) in [5, 5.41) is 12.2. The minimum Gasteiger partial charge on any atom is -0.478 e. The van der Waals surface area contributed by atoms with Gasteiger partial charge in [-0.2, -0.15) is 0 Å². The summed E-state index contributed by atoms with van der Waals surface area (Å²) in [5.41, 5.74) is 0.239. The van der Waals surface area contributed by atoms with Gasteiger partial charge in [0, 0.05) is 19.3 Å². The largest absolute Gasteiger partial charge is 0.478 e. The molecule has 1 aromatic heterocycles. The smallest absolute Gasteiger partial charge is 0.339 e. The van der Waals surface area contributed by atoms with Gasteiger partial charge in [-0.05, 0) is 37.6 Å². The first-order valence-corrected chi connectivity index (χ1v) is 6.35. The number of rotatable bonds is 5. The van der Waals surface area contributed by atoms with Gasteiger partial charge in [-0.3, -0.25) is 0 Å². The third-order valence-corrected chi connectivity index (χ3v) is 3.41. The first-order valence-electron chi connectivity index (χ1n) is 6.35. The molecule has 2 rings (SSSR count). The lowest BCUT2D eigenvalue weighted by atomic mass is 10.1. The zero-order chi connectivity index (χ0) is 13.0. The molecule has 0 saturated carbocycles. The highest BCUT2D eigenvalue weighted by Gasteiger charge is 2.21. The van der Waals surface area contributed by atoms with E-state index in [-0.39, 0.29) is 5.56 Å². The predicted octanol–water partition coefficient (Wildman–Crippen LogP) is 1.53. The molecule has 0 aliphatic carbocycles. The van der Waals surface area contributed by atoms with Gasteiger partial charge in [0.25, 0.3) is 0 Å². The topological polar surface area (TPSA) is 65.5 Å². The molecule has 0 radical (unpaired) electrons. The Bertz CT molecular complexity index is 422. The van der Waals surface area contributed by atoms with Gasteiger partial charge in [0.2, 0.25) is 0 Å². The Morgan fingerprint density at radius 2 is 2.50 bits per heavy atom. The monoisotopic (exact) mass is 249 g/mol. The van der Waals surface area contributed by atoms with E-state index < -0.39 is 5.97 Å². The molecule has 1 aliphatic rings. The van der Waals surface area contributed by atoms with Crippen LogP contribution in [0.1, 0.15) is 23.7 Å². The van der Waals surface area contributed by atoms with Crippen molar-refractivity contribution in [1.82, 2.24) is 9.88 Å². The molecule has 1 atom stereocenters. The molecule has 1 fully saturated rings. The Labute approximate surface area is 107 Å². The van der Waals surface area contributed by atoms with Gasteiger partial charge in [-0.15, -0.1) is 0 Å². The minimum absolute atomic E-state index is 0.239. The SMILES string of the molecule is CCN1CCC(CNc2ncccc2C(=O)O)C1. The van der Waals surface area contributed by atoms with Crippen LogP contribution in [0.25, 0.3) is 0 Å². The summed E-state index contributed by atoms with van der Waals surface area (Å²) in [4.78, 5) is 17.5. The number of carbonyl (C=O) groups is 1. The van der Waals surface area contributed by atoms with Crippen molar-refractivity contribution < 1.29 is 9.90 Å². The molecule has 5 nitrogen and oxygen atoms in total. The van der Waals surface area contributed by atoms with E-state index >= 15 is 0 Å². The Morgan fingerprint density at radius 1 is 1.67 bits per heavy atom. The summed E-state index contributed by atoms with van der Waals surface area (Å²) >= 11 is 0. The van der Waals surface area contributed by atoms with E-state index in [0.717, 1.165) is 32.6 Å². The van der Waals surface area contributed by atoms with Crippen LogP contribution in [0.2, 0.25) is 0 Å². The third kappa shape index (κ3) is 2.98. The molecule has 98 valence electrons. The highest BCUT2D eigenvalue weighted by atomic mass is 16.4. The second kappa shape index (κ2) is 5.82. The van der Waals surface area contributed by atoms with E-state index in [1.807, 2.05) is 0 Å². The van der Waals surface area contributed by atoms with Crippen molar-refractivity contribution in [3.63, 3.8) is 0 Å². The third-order valence-electron chi connectivity index (χ3n) is 3.41. The van der Waals surface area contributed by atoms with E-state index in [1.54, 1.807) is 18.3 Å². The number of carboxylic acids is 1. The zero-order valence-corrected chi connectivity index (χ0v) is 10.6. The molecule has 1 aliphatic heterocycles. The van der Waals surface area contributed by atoms with Gasteiger partial charge in [0.1, 0.15) is 11.4 Å². The summed E-state index contributed by atoms with van der Waals surface area (Å²) in [7, 11) is 0. The summed E-state index contributed by atoms with van der Waals surface area (Å²) in [6.45, 7) is 6.25. The van der Waals surface area contributed by atoms with Crippen molar-refractivity contribution in [1.29, 1.82) is 0 Å². The Morgan fingerprint density at radius 3 is 3.17 bits per heavy atom. The number of likely N-dealkylation sites (tertiary alicyclic amines) is 1. The molecule has 1 aromatic rings. The average molecular weight is 249 g/mol. The van der Waals surface area contributed by atoms with Gasteiger partial charge in [0.05, 0.1) is 0 Å². The molecule has 0 bridgehead atoms. The molecule has 0 aromatic carbocycles. The summed E-state index contributed by atoms with van der Waals surface area (Å²) in [6, 6.07) is 3.22. The maximum Gasteiger partial charge on any atom is 0.339 e. The van der Waals surface area contributed by atoms with E-state index in [4.69, 9.17) is 5.11 Å². The average Bonchev–Trinajstić information content (AvgIpc) is 2.84. The molecular weight excluding hydrogens is 230 g/mol. The lowest BCUT2D eigenvalue weighted by molar-refractivity contribution is 0.0697. The maximum atomic E-state index is 11.0. The van der Waals surface area contributed by atoms with E-state index in [2.05, 4.69) is 22.1 Å². The molecule has 2 N–H and O–H groups in total. The summed E-state index contributed by atoms with van der Waals surface area (Å²) in [6.07, 6.45) is 2.78. The Kier molecular flexibility index (Phi) is 4.15. The fraction of sp³-hybridized carbons (Fsp3) is 0.538. The van der Waals surface area contributed by atoms with Crippen molar-refractivity contribution in [2.75, 3.05) is 31.5 Å². The van der Waals surface area contributed by atoms with Gasteiger partial charge in [-0.1, -0.05) is 6.92 Å². The lowest BCUT2D eigenvalue weighted by Crippen LogP contribution is -2.23. The number of aromatic carboxylic acids is 1. The standard InChI is InChI=1S/C13H19N3O2/c1-2-16-7-5-10(9-16)8-15-12-11(13(17)18)4-3-6-14-12/h3-4,6,10H,2,5,7-9H2,1H3,(H,14,15)(H,17,18). The molecular formula is C13H19N3O2. The predicted molar refractivity (Wildman–Crippen MR) is 69.9 cm³/mol. The summed E-state index contributed by atoms with van der Waals surface area (Å²) < 4.78 is 0. The highest BCUT2D eigenvalue weighted by Crippen LogP contribution is 2.17. The van der Waals surface area contributed by atoms with Crippen LogP contribution >= 0.6 is 0 Å². The number of aromatic nitrogens is 1. The Balaban J connectivity index is 1.92. The number of nitrogens with one attached hydrogen (secondary N) is 1. The van der Waals surface area contributed by atoms with Gasteiger partial charge in [-0.25, -0.2) is 9.78 Å². The van der Waals surface area contributed by atoms with Crippen molar-refractivity contribution >= 4 is 11.8 Å². The summed E-state index contributed by atoms with van der Waals surface area (Å²) in [5.74, 6) is 0.112. The molecule has 0 amide bonds. The number of pyridine rings is 1. The van der Waals surface area contributed by atoms with Crippen LogP contribution in [0.15, 0.2) is 18.3 Å². The van der Waals surface area contributed by atoms with Crippen LogP contribution in [0.3, 0.4) is 0 Å². The number of nitrogens with zero attached hydrogens (tertiary/aromatic N) is 2. The number of anilines is 1. The first-order chi connectivity index (χ1) is 8.70. The number of hydrogen-bond acceptors (Lipinski definition) is 4. The van der Waals surface area contributed by atoms with Crippen LogP contribution in [-0.4, -0.2) is 47.1 Å². The van der Waals surface area contributed by atoms with Crippen LogP contribution in [0.5, 0.6) is 0 Å². The number of carboxylic acid groups (broad SMARTS) is 1. The molecule has 1 unspecified atom stereocenters. The Hall–Kier alpha value is -1.62. The molecule has 1 saturated heterocycles. The van der Waals surface area contributed by atoms with Crippen molar-refractivity contribution in [3.05, 3.63) is 23.9 Å². The second-order valence-electron chi connectivity index (χ2n) is 4.63. The molecule has 18 heavy (non-hydrogen) atoms. The van der Waals surface area contributed by atoms with Gasteiger partial charge < -0.3 is 15.3 Å².